The van der Waals surface area contributed by atoms with Crippen LogP contribution in [0.25, 0.3) is 11.1 Å². The topological polar surface area (TPSA) is 53.8 Å². The van der Waals surface area contributed by atoms with Gasteiger partial charge in [-0.05, 0) is 54.4 Å². The molecule has 2 aromatic carbocycles. The molecule has 0 spiro atoms. The highest BCUT2D eigenvalue weighted by Crippen LogP contribution is 2.39. The lowest BCUT2D eigenvalue weighted by Gasteiger charge is -2.40. The number of anilines is 2. The van der Waals surface area contributed by atoms with Crippen molar-refractivity contribution in [3.05, 3.63) is 72.4 Å². The number of carbonyl (C=O) groups is 2. The van der Waals surface area contributed by atoms with Crippen molar-refractivity contribution in [3.63, 3.8) is 0 Å². The van der Waals surface area contributed by atoms with Gasteiger partial charge in [0.1, 0.15) is 5.82 Å². The maximum Gasteiger partial charge on any atom is 0.294 e. The summed E-state index contributed by atoms with van der Waals surface area (Å²) in [5.41, 5.74) is 2.94. The third-order valence-electron chi connectivity index (χ3n) is 4.91. The molecule has 0 saturated carbocycles. The summed E-state index contributed by atoms with van der Waals surface area (Å²) < 4.78 is 18.6. The molecular formula is C22H19FN2O3. The number of hydrogen-bond donors (Lipinski definition) is 0. The van der Waals surface area contributed by atoms with Crippen LogP contribution in [0.2, 0.25) is 0 Å². The van der Waals surface area contributed by atoms with Crippen LogP contribution in [0.1, 0.15) is 24.4 Å². The predicted molar refractivity (Wildman–Crippen MR) is 105 cm³/mol. The largest absolute Gasteiger partial charge is 0.459 e. The van der Waals surface area contributed by atoms with Crippen LogP contribution in [0.15, 0.2) is 65.3 Å². The fraction of sp³-hybridized carbons (Fsp3) is 0.182. The summed E-state index contributed by atoms with van der Waals surface area (Å²) in [4.78, 5) is 28.6. The predicted octanol–water partition coefficient (Wildman–Crippen LogP) is 4.49. The molecule has 0 N–H and O–H groups in total. The van der Waals surface area contributed by atoms with Gasteiger partial charge in [-0.2, -0.15) is 0 Å². The Balaban J connectivity index is 1.84. The van der Waals surface area contributed by atoms with Crippen LogP contribution in [0.3, 0.4) is 0 Å². The molecule has 4 rings (SSSR count). The van der Waals surface area contributed by atoms with Crippen molar-refractivity contribution in [2.24, 2.45) is 0 Å². The van der Waals surface area contributed by atoms with Gasteiger partial charge in [-0.1, -0.05) is 18.2 Å². The zero-order valence-corrected chi connectivity index (χ0v) is 15.6. The van der Waals surface area contributed by atoms with Crippen LogP contribution in [0.5, 0.6) is 0 Å². The minimum absolute atomic E-state index is 0.0895. The van der Waals surface area contributed by atoms with Crippen molar-refractivity contribution < 1.29 is 18.4 Å². The first-order chi connectivity index (χ1) is 13.5. The van der Waals surface area contributed by atoms with Gasteiger partial charge in [0.15, 0.2) is 5.76 Å². The van der Waals surface area contributed by atoms with E-state index in [9.17, 15) is 14.0 Å². The van der Waals surface area contributed by atoms with Crippen LogP contribution in [-0.4, -0.2) is 24.4 Å². The number of benzene rings is 2. The highest BCUT2D eigenvalue weighted by Gasteiger charge is 2.34. The molecule has 142 valence electrons. The van der Waals surface area contributed by atoms with E-state index in [1.54, 1.807) is 34.1 Å². The molecule has 2 heterocycles. The zero-order valence-electron chi connectivity index (χ0n) is 15.6. The molecule has 1 aliphatic heterocycles. The maximum atomic E-state index is 13.3. The van der Waals surface area contributed by atoms with E-state index in [1.807, 2.05) is 25.1 Å². The number of halogens is 1. The fourth-order valence-corrected chi connectivity index (χ4v) is 3.65. The van der Waals surface area contributed by atoms with E-state index in [1.165, 1.54) is 25.3 Å². The molecule has 0 aliphatic carbocycles. The second-order valence-corrected chi connectivity index (χ2v) is 6.84. The lowest BCUT2D eigenvalue weighted by Crippen LogP contribution is -2.51. The molecule has 1 aliphatic rings. The minimum Gasteiger partial charge on any atom is -0.459 e. The minimum atomic E-state index is -0.312. The van der Waals surface area contributed by atoms with Gasteiger partial charge in [0.05, 0.1) is 23.7 Å². The Morgan fingerprint density at radius 3 is 2.39 bits per heavy atom. The number of fused-ring (bicyclic) bond motifs is 1. The average molecular weight is 378 g/mol. The third-order valence-corrected chi connectivity index (χ3v) is 4.91. The monoisotopic (exact) mass is 378 g/mol. The number of carbonyl (C=O) groups excluding carboxylic acids is 2. The molecule has 28 heavy (non-hydrogen) atoms. The molecule has 0 bridgehead atoms. The van der Waals surface area contributed by atoms with E-state index in [4.69, 9.17) is 4.42 Å². The molecular weight excluding hydrogens is 359 g/mol. The molecule has 2 amide bonds. The molecule has 6 heteroatoms. The Morgan fingerprint density at radius 2 is 1.75 bits per heavy atom. The standard InChI is InChI=1S/C22H19FN2O3/c1-14-13-24(22(27)21-4-3-11-28-21)20-12-17(16-5-8-18(23)9-6-16)7-10-19(20)25(14)15(2)26/h3-12,14H,13H2,1-2H3/t14-/m0/s1. The van der Waals surface area contributed by atoms with Crippen molar-refractivity contribution in [1.82, 2.24) is 0 Å². The summed E-state index contributed by atoms with van der Waals surface area (Å²) in [7, 11) is 0. The first-order valence-electron chi connectivity index (χ1n) is 9.01. The summed E-state index contributed by atoms with van der Waals surface area (Å²) in [6.45, 7) is 3.76. The summed E-state index contributed by atoms with van der Waals surface area (Å²) in [6.07, 6.45) is 1.46. The van der Waals surface area contributed by atoms with Crippen LogP contribution in [-0.2, 0) is 4.79 Å². The van der Waals surface area contributed by atoms with E-state index in [2.05, 4.69) is 0 Å². The van der Waals surface area contributed by atoms with Gasteiger partial charge >= 0.3 is 0 Å². The Labute approximate surface area is 162 Å². The van der Waals surface area contributed by atoms with Gasteiger partial charge in [-0.15, -0.1) is 0 Å². The first kappa shape index (κ1) is 18.0. The quantitative estimate of drug-likeness (QED) is 0.660. The molecule has 0 saturated heterocycles. The summed E-state index contributed by atoms with van der Waals surface area (Å²) >= 11 is 0. The SMILES string of the molecule is CC(=O)N1c2ccc(-c3ccc(F)cc3)cc2N(C(=O)c2ccco2)C[C@@H]1C. The Hall–Kier alpha value is -3.41. The Morgan fingerprint density at radius 1 is 1.04 bits per heavy atom. The smallest absolute Gasteiger partial charge is 0.294 e. The van der Waals surface area contributed by atoms with E-state index in [-0.39, 0.29) is 29.4 Å². The van der Waals surface area contributed by atoms with Crippen LogP contribution < -0.4 is 9.80 Å². The van der Waals surface area contributed by atoms with Gasteiger partial charge in [-0.25, -0.2) is 4.39 Å². The highest BCUT2D eigenvalue weighted by molar-refractivity contribution is 6.10. The van der Waals surface area contributed by atoms with Crippen LogP contribution in [0, 0.1) is 5.82 Å². The second-order valence-electron chi connectivity index (χ2n) is 6.84. The number of rotatable bonds is 2. The lowest BCUT2D eigenvalue weighted by atomic mass is 10.0. The van der Waals surface area contributed by atoms with Crippen molar-refractivity contribution in [1.29, 1.82) is 0 Å². The van der Waals surface area contributed by atoms with E-state index in [0.29, 0.717) is 17.9 Å². The molecule has 0 fully saturated rings. The van der Waals surface area contributed by atoms with E-state index < -0.39 is 0 Å². The number of furan rings is 1. The molecule has 3 aromatic rings. The van der Waals surface area contributed by atoms with Crippen LogP contribution in [0.4, 0.5) is 15.8 Å². The molecule has 0 unspecified atom stereocenters. The highest BCUT2D eigenvalue weighted by atomic mass is 19.1. The zero-order chi connectivity index (χ0) is 19.8. The van der Waals surface area contributed by atoms with Gasteiger partial charge < -0.3 is 14.2 Å². The van der Waals surface area contributed by atoms with Crippen molar-refractivity contribution in [3.8, 4) is 11.1 Å². The van der Waals surface area contributed by atoms with Crippen molar-refractivity contribution in [2.75, 3.05) is 16.3 Å². The third kappa shape index (κ3) is 3.07. The second kappa shape index (κ2) is 6.96. The fourth-order valence-electron chi connectivity index (χ4n) is 3.65. The first-order valence-corrected chi connectivity index (χ1v) is 9.01. The number of nitrogens with zero attached hydrogens (tertiary/aromatic N) is 2. The summed E-state index contributed by atoms with van der Waals surface area (Å²) in [6, 6.07) is 14.8. The van der Waals surface area contributed by atoms with Gasteiger partial charge in [-0.3, -0.25) is 9.59 Å². The van der Waals surface area contributed by atoms with Gasteiger partial charge in [0.25, 0.3) is 5.91 Å². The lowest BCUT2D eigenvalue weighted by molar-refractivity contribution is -0.117. The van der Waals surface area contributed by atoms with Crippen LogP contribution >= 0.6 is 0 Å². The molecule has 0 radical (unpaired) electrons. The maximum absolute atomic E-state index is 13.3. The van der Waals surface area contributed by atoms with E-state index >= 15 is 0 Å². The molecule has 1 atom stereocenters. The number of amides is 2. The summed E-state index contributed by atoms with van der Waals surface area (Å²) in [5, 5.41) is 0. The van der Waals surface area contributed by atoms with Crippen molar-refractivity contribution >= 4 is 23.2 Å². The van der Waals surface area contributed by atoms with Crippen molar-refractivity contribution in [2.45, 2.75) is 19.9 Å². The van der Waals surface area contributed by atoms with Gasteiger partial charge in [0.2, 0.25) is 5.91 Å². The molecule has 5 nitrogen and oxygen atoms in total. The molecule has 1 aromatic heterocycles. The Kier molecular flexibility index (Phi) is 4.47. The average Bonchev–Trinajstić information content (AvgIpc) is 3.21. The van der Waals surface area contributed by atoms with E-state index in [0.717, 1.165) is 11.1 Å². The summed E-state index contributed by atoms with van der Waals surface area (Å²) in [5.74, 6) is -0.430. The normalized spacial score (nSPS) is 16.0. The Bertz CT molecular complexity index is 1030. The van der Waals surface area contributed by atoms with Gasteiger partial charge in [0, 0.05) is 13.5 Å². The number of hydrogen-bond acceptors (Lipinski definition) is 3.